The summed E-state index contributed by atoms with van der Waals surface area (Å²) in [5.41, 5.74) is 3.14. The molecule has 2 aromatic carbocycles. The van der Waals surface area contributed by atoms with Gasteiger partial charge in [0.2, 0.25) is 0 Å². The molecule has 0 radical (unpaired) electrons. The van der Waals surface area contributed by atoms with Crippen LogP contribution in [-0.4, -0.2) is 10.1 Å². The SMILES string of the molecule is Cc1ccc2ccc([C@H](Nc3cccc[nH+]3)c3cccc(Cl)c3)c(O)c2n1. The van der Waals surface area contributed by atoms with Crippen molar-refractivity contribution in [1.29, 1.82) is 0 Å². The largest absolute Gasteiger partial charge is 0.505 e. The molecule has 2 aromatic heterocycles. The van der Waals surface area contributed by atoms with Gasteiger partial charge in [0.05, 0.1) is 6.20 Å². The first-order valence-electron chi connectivity index (χ1n) is 8.70. The molecule has 4 nitrogen and oxygen atoms in total. The minimum atomic E-state index is -0.297. The molecule has 0 aliphatic rings. The van der Waals surface area contributed by atoms with Crippen LogP contribution >= 0.6 is 11.6 Å². The second kappa shape index (κ2) is 7.25. The van der Waals surface area contributed by atoms with E-state index in [9.17, 15) is 5.11 Å². The lowest BCUT2D eigenvalue weighted by atomic mass is 9.96. The van der Waals surface area contributed by atoms with E-state index >= 15 is 0 Å². The Hall–Kier alpha value is -3.11. The van der Waals surface area contributed by atoms with Crippen LogP contribution in [-0.2, 0) is 0 Å². The van der Waals surface area contributed by atoms with Crippen LogP contribution in [0.25, 0.3) is 10.9 Å². The van der Waals surface area contributed by atoms with E-state index in [2.05, 4.69) is 15.3 Å². The van der Waals surface area contributed by atoms with Gasteiger partial charge in [0, 0.05) is 33.3 Å². The molecule has 0 saturated heterocycles. The summed E-state index contributed by atoms with van der Waals surface area (Å²) in [6, 6.07) is 20.9. The summed E-state index contributed by atoms with van der Waals surface area (Å²) in [6.45, 7) is 1.91. The lowest BCUT2D eigenvalue weighted by Gasteiger charge is -2.18. The Morgan fingerprint density at radius 1 is 1.04 bits per heavy atom. The molecule has 0 bridgehead atoms. The van der Waals surface area contributed by atoms with Crippen molar-refractivity contribution in [3.8, 4) is 5.75 Å². The number of halogens is 1. The van der Waals surface area contributed by atoms with Crippen LogP contribution in [0.5, 0.6) is 5.75 Å². The van der Waals surface area contributed by atoms with Crippen LogP contribution in [0, 0.1) is 6.92 Å². The Balaban J connectivity index is 1.87. The first kappa shape index (κ1) is 17.3. The molecule has 1 atom stereocenters. The number of rotatable bonds is 4. The Kier molecular flexibility index (Phi) is 4.65. The molecule has 0 saturated carbocycles. The molecule has 4 rings (SSSR count). The highest BCUT2D eigenvalue weighted by Gasteiger charge is 2.24. The second-order valence-electron chi connectivity index (χ2n) is 6.44. The van der Waals surface area contributed by atoms with Crippen LogP contribution in [0.4, 0.5) is 5.82 Å². The number of aryl methyl sites for hydroxylation is 1. The summed E-state index contributed by atoms with van der Waals surface area (Å²) in [6.07, 6.45) is 1.85. The number of aromatic hydroxyl groups is 1. The first-order valence-corrected chi connectivity index (χ1v) is 9.07. The zero-order valence-electron chi connectivity index (χ0n) is 14.8. The van der Waals surface area contributed by atoms with Gasteiger partial charge in [-0.2, -0.15) is 0 Å². The summed E-state index contributed by atoms with van der Waals surface area (Å²) < 4.78 is 0. The molecule has 2 heterocycles. The highest BCUT2D eigenvalue weighted by Crippen LogP contribution is 2.36. The fraction of sp³-hybridized carbons (Fsp3) is 0.0909. The van der Waals surface area contributed by atoms with Crippen molar-refractivity contribution in [3.05, 3.63) is 94.8 Å². The van der Waals surface area contributed by atoms with Gasteiger partial charge >= 0.3 is 0 Å². The topological polar surface area (TPSA) is 59.3 Å². The molecule has 0 spiro atoms. The van der Waals surface area contributed by atoms with Gasteiger partial charge in [0.15, 0.2) is 0 Å². The summed E-state index contributed by atoms with van der Waals surface area (Å²) in [5.74, 6) is 1.00. The number of aromatic nitrogens is 2. The smallest absolute Gasteiger partial charge is 0.272 e. The number of phenols is 1. The van der Waals surface area contributed by atoms with E-state index in [1.165, 1.54) is 0 Å². The molecule has 27 heavy (non-hydrogen) atoms. The van der Waals surface area contributed by atoms with E-state index in [-0.39, 0.29) is 11.8 Å². The molecule has 0 aliphatic heterocycles. The molecule has 3 N–H and O–H groups in total. The average Bonchev–Trinajstić information content (AvgIpc) is 2.68. The van der Waals surface area contributed by atoms with E-state index in [4.69, 9.17) is 11.6 Å². The fourth-order valence-electron chi connectivity index (χ4n) is 3.19. The predicted molar refractivity (Wildman–Crippen MR) is 108 cm³/mol. The molecule has 4 aromatic rings. The number of fused-ring (bicyclic) bond motifs is 1. The highest BCUT2D eigenvalue weighted by molar-refractivity contribution is 6.30. The molecule has 0 aliphatic carbocycles. The maximum absolute atomic E-state index is 11.0. The molecule has 0 amide bonds. The van der Waals surface area contributed by atoms with E-state index in [0.29, 0.717) is 10.5 Å². The molecular formula is C22H19ClN3O+. The van der Waals surface area contributed by atoms with Gasteiger partial charge in [-0.1, -0.05) is 41.9 Å². The summed E-state index contributed by atoms with van der Waals surface area (Å²) in [5, 5.41) is 16.0. The Labute approximate surface area is 162 Å². The van der Waals surface area contributed by atoms with Gasteiger partial charge in [-0.05, 0) is 37.3 Å². The summed E-state index contributed by atoms with van der Waals surface area (Å²) >= 11 is 6.22. The quantitative estimate of drug-likeness (QED) is 0.531. The normalized spacial score (nSPS) is 12.1. The lowest BCUT2D eigenvalue weighted by Crippen LogP contribution is -2.19. The average molecular weight is 377 g/mol. The fourth-order valence-corrected chi connectivity index (χ4v) is 3.38. The number of nitrogens with zero attached hydrogens (tertiary/aromatic N) is 1. The maximum Gasteiger partial charge on any atom is 0.272 e. The van der Waals surface area contributed by atoms with Crippen molar-refractivity contribution >= 4 is 28.3 Å². The predicted octanol–water partition coefficient (Wildman–Crippen LogP) is 4.92. The van der Waals surface area contributed by atoms with E-state index in [1.54, 1.807) is 0 Å². The first-order chi connectivity index (χ1) is 13.1. The van der Waals surface area contributed by atoms with Crippen LogP contribution in [0.1, 0.15) is 22.9 Å². The zero-order chi connectivity index (χ0) is 18.8. The number of anilines is 1. The van der Waals surface area contributed by atoms with E-state index < -0.39 is 0 Å². The Morgan fingerprint density at radius 3 is 2.67 bits per heavy atom. The Bertz CT molecular complexity index is 1100. The number of benzene rings is 2. The van der Waals surface area contributed by atoms with Crippen molar-refractivity contribution in [3.63, 3.8) is 0 Å². The summed E-state index contributed by atoms with van der Waals surface area (Å²) in [4.78, 5) is 7.70. The van der Waals surface area contributed by atoms with Crippen molar-refractivity contribution in [2.45, 2.75) is 13.0 Å². The molecular weight excluding hydrogens is 358 g/mol. The number of hydrogen-bond acceptors (Lipinski definition) is 3. The number of nitrogens with one attached hydrogen (secondary N) is 2. The van der Waals surface area contributed by atoms with Crippen molar-refractivity contribution < 1.29 is 10.1 Å². The van der Waals surface area contributed by atoms with Crippen LogP contribution in [0.3, 0.4) is 0 Å². The maximum atomic E-state index is 11.0. The van der Waals surface area contributed by atoms with Crippen LogP contribution < -0.4 is 10.3 Å². The van der Waals surface area contributed by atoms with Gasteiger partial charge in [-0.15, -0.1) is 0 Å². The van der Waals surface area contributed by atoms with Crippen molar-refractivity contribution in [2.24, 2.45) is 0 Å². The number of H-pyrrole nitrogens is 1. The zero-order valence-corrected chi connectivity index (χ0v) is 15.5. The van der Waals surface area contributed by atoms with E-state index in [0.717, 1.165) is 28.0 Å². The van der Waals surface area contributed by atoms with Gasteiger partial charge in [-0.3, -0.25) is 5.32 Å². The van der Waals surface area contributed by atoms with Crippen molar-refractivity contribution in [2.75, 3.05) is 5.32 Å². The third-order valence-corrected chi connectivity index (χ3v) is 4.74. The van der Waals surface area contributed by atoms with Gasteiger partial charge in [0.25, 0.3) is 5.82 Å². The van der Waals surface area contributed by atoms with Gasteiger partial charge < -0.3 is 5.11 Å². The van der Waals surface area contributed by atoms with Crippen molar-refractivity contribution in [1.82, 2.24) is 4.98 Å². The lowest BCUT2D eigenvalue weighted by molar-refractivity contribution is -0.361. The molecule has 0 fully saturated rings. The molecule has 134 valence electrons. The summed E-state index contributed by atoms with van der Waals surface area (Å²) in [7, 11) is 0. The number of phenolic OH excluding ortho intramolecular Hbond substituents is 1. The van der Waals surface area contributed by atoms with Gasteiger partial charge in [0.1, 0.15) is 17.3 Å². The van der Waals surface area contributed by atoms with Crippen LogP contribution in [0.2, 0.25) is 5.02 Å². The standard InChI is InChI=1S/C22H18ClN3O/c1-14-8-9-15-10-11-18(22(27)21(15)25-14)20(16-5-4-6-17(23)13-16)26-19-7-2-3-12-24-19/h2-13,20,27H,1H3,(H,24,26)/p+1/t20-/m1/s1. The van der Waals surface area contributed by atoms with Gasteiger partial charge in [-0.25, -0.2) is 9.97 Å². The molecule has 0 unspecified atom stereocenters. The number of pyridine rings is 2. The third-order valence-electron chi connectivity index (χ3n) is 4.51. The monoisotopic (exact) mass is 376 g/mol. The number of hydrogen-bond donors (Lipinski definition) is 2. The minimum absolute atomic E-state index is 0.171. The minimum Gasteiger partial charge on any atom is -0.505 e. The molecule has 5 heteroatoms. The number of aromatic amines is 1. The second-order valence-corrected chi connectivity index (χ2v) is 6.87. The Morgan fingerprint density at radius 2 is 1.89 bits per heavy atom. The third kappa shape index (κ3) is 3.57. The van der Waals surface area contributed by atoms with E-state index in [1.807, 2.05) is 79.9 Å². The highest BCUT2D eigenvalue weighted by atomic mass is 35.5. The van der Waals surface area contributed by atoms with Crippen LogP contribution in [0.15, 0.2) is 72.9 Å².